The van der Waals surface area contributed by atoms with Crippen molar-refractivity contribution in [2.24, 2.45) is 11.8 Å². The predicted octanol–water partition coefficient (Wildman–Crippen LogP) is 0.966. The molecule has 8 nitrogen and oxygen atoms in total. The van der Waals surface area contributed by atoms with Crippen LogP contribution in [0.25, 0.3) is 0 Å². The van der Waals surface area contributed by atoms with E-state index in [0.29, 0.717) is 45.2 Å². The molecule has 3 aliphatic rings. The molecular weight excluding hydrogens is 386 g/mol. The number of amides is 3. The number of unbranched alkanes of at least 4 members (excludes halogenated alkanes) is 3. The first-order chi connectivity index (χ1) is 14.4. The zero-order valence-electron chi connectivity index (χ0n) is 18.5. The molecule has 2 bridgehead atoms. The molecule has 5 atom stereocenters. The third-order valence-corrected chi connectivity index (χ3v) is 7.34. The highest BCUT2D eigenvalue weighted by atomic mass is 16.5. The van der Waals surface area contributed by atoms with Gasteiger partial charge in [-0.3, -0.25) is 14.4 Å². The fourth-order valence-corrected chi connectivity index (χ4v) is 5.89. The van der Waals surface area contributed by atoms with Crippen molar-refractivity contribution in [1.82, 2.24) is 15.5 Å². The van der Waals surface area contributed by atoms with Crippen molar-refractivity contribution in [2.45, 2.75) is 82.5 Å². The third kappa shape index (κ3) is 3.51. The maximum Gasteiger partial charge on any atom is 0.245 e. The van der Waals surface area contributed by atoms with Crippen LogP contribution < -0.4 is 10.6 Å². The summed E-state index contributed by atoms with van der Waals surface area (Å²) in [4.78, 5) is 41.4. The normalized spacial score (nSPS) is 34.3. The Morgan fingerprint density at radius 3 is 2.57 bits per heavy atom. The lowest BCUT2D eigenvalue weighted by Gasteiger charge is -2.33. The molecule has 0 aromatic rings. The second-order valence-corrected chi connectivity index (χ2v) is 8.91. The molecule has 0 saturated carbocycles. The maximum absolute atomic E-state index is 13.6. The summed E-state index contributed by atoms with van der Waals surface area (Å²) in [5.74, 6) is -1.74. The Bertz CT molecular complexity index is 671. The van der Waals surface area contributed by atoms with Gasteiger partial charge in [-0.05, 0) is 38.5 Å². The first kappa shape index (κ1) is 23.0. The van der Waals surface area contributed by atoms with Crippen LogP contribution in [-0.4, -0.2) is 71.7 Å². The molecular formula is C22H37N3O5. The summed E-state index contributed by atoms with van der Waals surface area (Å²) in [5.41, 5.74) is -1.63. The minimum absolute atomic E-state index is 0.0425. The summed E-state index contributed by atoms with van der Waals surface area (Å²) in [6.07, 6.45) is 6.07. The van der Waals surface area contributed by atoms with E-state index in [9.17, 15) is 14.4 Å². The Morgan fingerprint density at radius 2 is 1.93 bits per heavy atom. The summed E-state index contributed by atoms with van der Waals surface area (Å²) in [6, 6.07) is -0.724. The number of hydrogen-bond acceptors (Lipinski definition) is 5. The van der Waals surface area contributed by atoms with Gasteiger partial charge in [0.15, 0.2) is 0 Å². The van der Waals surface area contributed by atoms with E-state index in [1.165, 1.54) is 0 Å². The molecule has 170 valence electrons. The fourth-order valence-electron chi connectivity index (χ4n) is 5.89. The number of hydrogen-bond donors (Lipinski definition) is 3. The van der Waals surface area contributed by atoms with Crippen molar-refractivity contribution >= 4 is 17.7 Å². The summed E-state index contributed by atoms with van der Waals surface area (Å²) in [5, 5.41) is 14.9. The Hall–Kier alpha value is -1.67. The minimum Gasteiger partial charge on any atom is -0.396 e. The predicted molar refractivity (Wildman–Crippen MR) is 111 cm³/mol. The Labute approximate surface area is 179 Å². The van der Waals surface area contributed by atoms with Crippen molar-refractivity contribution in [3.05, 3.63) is 0 Å². The minimum atomic E-state index is -0.946. The fraction of sp³-hybridized carbons (Fsp3) is 0.864. The number of fused-ring (bicyclic) bond motifs is 1. The Morgan fingerprint density at radius 1 is 1.17 bits per heavy atom. The molecule has 3 aliphatic heterocycles. The van der Waals surface area contributed by atoms with Crippen LogP contribution in [0.5, 0.6) is 0 Å². The van der Waals surface area contributed by atoms with Gasteiger partial charge < -0.3 is 25.4 Å². The SMILES string of the molecule is CCCCCNC(=O)C1N(CCCCO)C(=O)[C@@H]2[C@H](C(=O)NC)[C@]3(CC)CCC12O3. The molecule has 1 spiro atoms. The molecule has 30 heavy (non-hydrogen) atoms. The largest absolute Gasteiger partial charge is 0.396 e. The molecule has 0 aromatic heterocycles. The molecule has 3 fully saturated rings. The summed E-state index contributed by atoms with van der Waals surface area (Å²) < 4.78 is 6.59. The van der Waals surface area contributed by atoms with Gasteiger partial charge in [0.05, 0.1) is 17.4 Å². The molecule has 2 unspecified atom stereocenters. The van der Waals surface area contributed by atoms with E-state index >= 15 is 0 Å². The summed E-state index contributed by atoms with van der Waals surface area (Å²) in [7, 11) is 1.58. The topological polar surface area (TPSA) is 108 Å². The van der Waals surface area contributed by atoms with Gasteiger partial charge in [-0.1, -0.05) is 26.7 Å². The van der Waals surface area contributed by atoms with Gasteiger partial charge in [0.25, 0.3) is 0 Å². The lowest BCUT2D eigenvalue weighted by molar-refractivity contribution is -0.147. The van der Waals surface area contributed by atoms with Crippen molar-refractivity contribution in [3.63, 3.8) is 0 Å². The molecule has 8 heteroatoms. The number of nitrogens with zero attached hydrogens (tertiary/aromatic N) is 1. The number of likely N-dealkylation sites (tertiary alicyclic amines) is 1. The number of aliphatic hydroxyl groups is 1. The van der Waals surface area contributed by atoms with Crippen molar-refractivity contribution in [1.29, 1.82) is 0 Å². The molecule has 3 N–H and O–H groups in total. The van der Waals surface area contributed by atoms with Crippen LogP contribution in [0.1, 0.15) is 65.2 Å². The van der Waals surface area contributed by atoms with Crippen LogP contribution in [-0.2, 0) is 19.1 Å². The van der Waals surface area contributed by atoms with E-state index in [4.69, 9.17) is 9.84 Å². The summed E-state index contributed by atoms with van der Waals surface area (Å²) in [6.45, 7) is 5.09. The highest BCUT2D eigenvalue weighted by Gasteiger charge is 2.78. The molecule has 0 aliphatic carbocycles. The van der Waals surface area contributed by atoms with Crippen LogP contribution in [0.2, 0.25) is 0 Å². The maximum atomic E-state index is 13.6. The Kier molecular flexibility index (Phi) is 7.07. The van der Waals surface area contributed by atoms with E-state index < -0.39 is 29.1 Å². The molecule has 0 radical (unpaired) electrons. The van der Waals surface area contributed by atoms with E-state index in [-0.39, 0.29) is 24.3 Å². The lowest BCUT2D eigenvalue weighted by Crippen LogP contribution is -2.55. The van der Waals surface area contributed by atoms with Gasteiger partial charge in [0.2, 0.25) is 17.7 Å². The number of rotatable bonds is 11. The molecule has 3 amide bonds. The zero-order chi connectivity index (χ0) is 21.9. The molecule has 3 rings (SSSR count). The van der Waals surface area contributed by atoms with E-state index in [0.717, 1.165) is 19.3 Å². The van der Waals surface area contributed by atoms with E-state index in [1.807, 2.05) is 6.92 Å². The van der Waals surface area contributed by atoms with Crippen LogP contribution in [0.3, 0.4) is 0 Å². The van der Waals surface area contributed by atoms with Crippen molar-refractivity contribution in [3.8, 4) is 0 Å². The quantitative estimate of drug-likeness (QED) is 0.429. The standard InChI is InChI=1S/C22H37N3O5/c1-4-6-7-12-24-19(28)17-22-11-10-21(5-2,30-22)15(18(27)23-3)16(22)20(29)25(17)13-8-9-14-26/h15-17,26H,4-14H2,1-3H3,(H,23,27)(H,24,28)/t15-,16+,17?,21+,22?/m1/s1. The van der Waals surface area contributed by atoms with E-state index in [1.54, 1.807) is 11.9 Å². The average molecular weight is 424 g/mol. The van der Waals surface area contributed by atoms with Gasteiger partial charge in [-0.25, -0.2) is 0 Å². The van der Waals surface area contributed by atoms with Gasteiger partial charge in [-0.2, -0.15) is 0 Å². The van der Waals surface area contributed by atoms with Crippen LogP contribution in [0.15, 0.2) is 0 Å². The second kappa shape index (κ2) is 9.22. The van der Waals surface area contributed by atoms with Crippen LogP contribution in [0.4, 0.5) is 0 Å². The molecule has 3 heterocycles. The van der Waals surface area contributed by atoms with Gasteiger partial charge in [0, 0.05) is 26.7 Å². The number of carbonyl (C=O) groups excluding carboxylic acids is 3. The van der Waals surface area contributed by atoms with Crippen molar-refractivity contribution in [2.75, 3.05) is 26.7 Å². The van der Waals surface area contributed by atoms with Gasteiger partial charge in [-0.15, -0.1) is 0 Å². The summed E-state index contributed by atoms with van der Waals surface area (Å²) >= 11 is 0. The number of aliphatic hydroxyl groups excluding tert-OH is 1. The first-order valence-corrected chi connectivity index (χ1v) is 11.5. The Balaban J connectivity index is 1.92. The molecule has 3 saturated heterocycles. The van der Waals surface area contributed by atoms with E-state index in [2.05, 4.69) is 17.6 Å². The van der Waals surface area contributed by atoms with Crippen molar-refractivity contribution < 1.29 is 24.2 Å². The van der Waals surface area contributed by atoms with Crippen LogP contribution in [0, 0.1) is 11.8 Å². The van der Waals surface area contributed by atoms with Gasteiger partial charge >= 0.3 is 0 Å². The average Bonchev–Trinajstić information content (AvgIpc) is 3.35. The highest BCUT2D eigenvalue weighted by Crippen LogP contribution is 2.64. The third-order valence-electron chi connectivity index (χ3n) is 7.34. The van der Waals surface area contributed by atoms with Crippen LogP contribution >= 0.6 is 0 Å². The number of carbonyl (C=O) groups is 3. The molecule has 0 aromatic carbocycles. The first-order valence-electron chi connectivity index (χ1n) is 11.5. The van der Waals surface area contributed by atoms with Gasteiger partial charge in [0.1, 0.15) is 11.6 Å². The monoisotopic (exact) mass is 423 g/mol. The second-order valence-electron chi connectivity index (χ2n) is 8.91. The number of ether oxygens (including phenoxy) is 1. The zero-order valence-corrected chi connectivity index (χ0v) is 18.5. The smallest absolute Gasteiger partial charge is 0.245 e. The number of nitrogens with one attached hydrogen (secondary N) is 2. The lowest BCUT2D eigenvalue weighted by atomic mass is 9.65. The highest BCUT2D eigenvalue weighted by molar-refractivity contribution is 5.99.